The van der Waals surface area contributed by atoms with E-state index in [1.54, 1.807) is 11.8 Å². The average Bonchev–Trinajstić information content (AvgIpc) is 3.05. The van der Waals surface area contributed by atoms with Crippen molar-refractivity contribution in [2.75, 3.05) is 18.4 Å². The van der Waals surface area contributed by atoms with Crippen molar-refractivity contribution >= 4 is 17.6 Å². The highest BCUT2D eigenvalue weighted by Gasteiger charge is 2.27. The summed E-state index contributed by atoms with van der Waals surface area (Å²) >= 11 is 0. The molecule has 8 heteroatoms. The van der Waals surface area contributed by atoms with Crippen LogP contribution in [0.15, 0.2) is 28.8 Å². The predicted octanol–water partition coefficient (Wildman–Crippen LogP) is 2.25. The van der Waals surface area contributed by atoms with Gasteiger partial charge in [-0.3, -0.25) is 4.79 Å². The first-order valence-electron chi connectivity index (χ1n) is 8.71. The fourth-order valence-corrected chi connectivity index (χ4v) is 2.99. The van der Waals surface area contributed by atoms with Gasteiger partial charge in [-0.2, -0.15) is 4.98 Å². The van der Waals surface area contributed by atoms with Gasteiger partial charge in [0.1, 0.15) is 0 Å². The monoisotopic (exact) mass is 357 g/mol. The lowest BCUT2D eigenvalue weighted by Gasteiger charge is -2.31. The molecule has 0 aliphatic carbocycles. The molecule has 26 heavy (non-hydrogen) atoms. The maximum absolute atomic E-state index is 12.4. The Morgan fingerprint density at radius 2 is 2.04 bits per heavy atom. The molecule has 3 rings (SSSR count). The highest BCUT2D eigenvalue weighted by atomic mass is 16.5. The van der Waals surface area contributed by atoms with E-state index in [-0.39, 0.29) is 24.4 Å². The van der Waals surface area contributed by atoms with Crippen molar-refractivity contribution in [3.05, 3.63) is 41.5 Å². The number of hydrogen-bond acceptors (Lipinski definition) is 5. The summed E-state index contributed by atoms with van der Waals surface area (Å²) in [5.41, 5.74) is 1.87. The first-order valence-corrected chi connectivity index (χ1v) is 8.71. The molecule has 1 aromatic heterocycles. The normalized spacial score (nSPS) is 14.9. The fraction of sp³-hybridized carbons (Fsp3) is 0.444. The number of hydrogen-bond donors (Lipinski definition) is 2. The molecule has 2 heterocycles. The molecule has 0 unspecified atom stereocenters. The minimum Gasteiger partial charge on any atom is -0.347 e. The molecule has 8 nitrogen and oxygen atoms in total. The predicted molar refractivity (Wildman–Crippen MR) is 95.4 cm³/mol. The van der Waals surface area contributed by atoms with Crippen molar-refractivity contribution in [2.24, 2.45) is 5.92 Å². The fourth-order valence-electron chi connectivity index (χ4n) is 2.99. The van der Waals surface area contributed by atoms with E-state index in [2.05, 4.69) is 20.8 Å². The quantitative estimate of drug-likeness (QED) is 0.874. The minimum atomic E-state index is -0.129. The van der Waals surface area contributed by atoms with Crippen LogP contribution in [0.5, 0.6) is 0 Å². The molecule has 1 aliphatic heterocycles. The summed E-state index contributed by atoms with van der Waals surface area (Å²) in [6, 6.07) is 7.56. The number of aromatic nitrogens is 2. The highest BCUT2D eigenvalue weighted by Crippen LogP contribution is 2.19. The first kappa shape index (κ1) is 17.9. The second-order valence-electron chi connectivity index (χ2n) is 6.51. The van der Waals surface area contributed by atoms with Crippen LogP contribution in [0.2, 0.25) is 0 Å². The molecule has 1 aliphatic rings. The number of anilines is 1. The summed E-state index contributed by atoms with van der Waals surface area (Å²) in [4.78, 5) is 30.4. The van der Waals surface area contributed by atoms with E-state index in [4.69, 9.17) is 4.52 Å². The minimum absolute atomic E-state index is 0.0420. The lowest BCUT2D eigenvalue weighted by Crippen LogP contribution is -2.44. The molecule has 3 amide bonds. The number of likely N-dealkylation sites (tertiary alicyclic amines) is 1. The van der Waals surface area contributed by atoms with Crippen molar-refractivity contribution in [1.29, 1.82) is 0 Å². The van der Waals surface area contributed by atoms with Crippen LogP contribution < -0.4 is 10.6 Å². The average molecular weight is 357 g/mol. The van der Waals surface area contributed by atoms with Crippen molar-refractivity contribution < 1.29 is 14.1 Å². The van der Waals surface area contributed by atoms with Crippen LogP contribution in [0, 0.1) is 19.8 Å². The van der Waals surface area contributed by atoms with E-state index in [1.165, 1.54) is 0 Å². The van der Waals surface area contributed by atoms with Gasteiger partial charge in [-0.25, -0.2) is 4.79 Å². The number of rotatable bonds is 4. The van der Waals surface area contributed by atoms with Gasteiger partial charge in [0.15, 0.2) is 5.82 Å². The van der Waals surface area contributed by atoms with E-state index >= 15 is 0 Å². The summed E-state index contributed by atoms with van der Waals surface area (Å²) in [6.07, 6.45) is 1.27. The molecular formula is C18H23N5O3. The molecule has 0 spiro atoms. The first-order chi connectivity index (χ1) is 12.5. The summed E-state index contributed by atoms with van der Waals surface area (Å²) < 4.78 is 4.98. The Bertz CT molecular complexity index is 781. The Morgan fingerprint density at radius 1 is 1.27 bits per heavy atom. The molecule has 2 N–H and O–H groups in total. The van der Waals surface area contributed by atoms with Gasteiger partial charge in [0.2, 0.25) is 11.8 Å². The van der Waals surface area contributed by atoms with Gasteiger partial charge in [0, 0.05) is 24.7 Å². The van der Waals surface area contributed by atoms with Crippen LogP contribution in [-0.4, -0.2) is 40.1 Å². The topological polar surface area (TPSA) is 100 Å². The molecule has 1 fully saturated rings. The van der Waals surface area contributed by atoms with E-state index < -0.39 is 0 Å². The van der Waals surface area contributed by atoms with Crippen LogP contribution in [-0.2, 0) is 11.3 Å². The summed E-state index contributed by atoms with van der Waals surface area (Å²) in [5.74, 6) is 0.787. The Kier molecular flexibility index (Phi) is 5.50. The van der Waals surface area contributed by atoms with Crippen LogP contribution >= 0.6 is 0 Å². The largest absolute Gasteiger partial charge is 0.347 e. The van der Waals surface area contributed by atoms with E-state index in [0.29, 0.717) is 37.6 Å². The number of urea groups is 1. The molecule has 0 atom stereocenters. The molecule has 0 saturated carbocycles. The third kappa shape index (κ3) is 4.59. The smallest absolute Gasteiger partial charge is 0.321 e. The van der Waals surface area contributed by atoms with Crippen LogP contribution in [0.4, 0.5) is 10.5 Å². The van der Waals surface area contributed by atoms with E-state index in [1.807, 2.05) is 31.2 Å². The number of nitrogens with zero attached hydrogens (tertiary/aromatic N) is 3. The van der Waals surface area contributed by atoms with Gasteiger partial charge in [-0.1, -0.05) is 17.3 Å². The van der Waals surface area contributed by atoms with Crippen molar-refractivity contribution in [2.45, 2.75) is 33.2 Å². The maximum Gasteiger partial charge on any atom is 0.321 e. The van der Waals surface area contributed by atoms with Crippen LogP contribution in [0.3, 0.4) is 0 Å². The number of amides is 3. The van der Waals surface area contributed by atoms with Crippen molar-refractivity contribution in [3.8, 4) is 0 Å². The van der Waals surface area contributed by atoms with Crippen molar-refractivity contribution in [1.82, 2.24) is 20.4 Å². The number of benzene rings is 1. The van der Waals surface area contributed by atoms with Crippen molar-refractivity contribution in [3.63, 3.8) is 0 Å². The molecule has 0 bridgehead atoms. The SMILES string of the molecule is Cc1cccc(NC(=O)N2CCC(C(=O)NCc3nc(C)no3)CC2)c1. The van der Waals surface area contributed by atoms with Gasteiger partial charge in [0.05, 0.1) is 6.54 Å². The van der Waals surface area contributed by atoms with Gasteiger partial charge in [-0.05, 0) is 44.4 Å². The van der Waals surface area contributed by atoms with Gasteiger partial charge in [-0.15, -0.1) is 0 Å². The zero-order valence-corrected chi connectivity index (χ0v) is 15.0. The summed E-state index contributed by atoms with van der Waals surface area (Å²) in [6.45, 7) is 5.04. The zero-order valence-electron chi connectivity index (χ0n) is 15.0. The Morgan fingerprint density at radius 3 is 2.69 bits per heavy atom. The molecular weight excluding hydrogens is 334 g/mol. The Hall–Kier alpha value is -2.90. The second-order valence-corrected chi connectivity index (χ2v) is 6.51. The number of carbonyl (C=O) groups is 2. The van der Waals surface area contributed by atoms with Crippen LogP contribution in [0.1, 0.15) is 30.1 Å². The van der Waals surface area contributed by atoms with E-state index in [0.717, 1.165) is 11.3 Å². The van der Waals surface area contributed by atoms with Gasteiger partial charge in [0.25, 0.3) is 0 Å². The molecule has 1 aromatic carbocycles. The van der Waals surface area contributed by atoms with Crippen LogP contribution in [0.25, 0.3) is 0 Å². The maximum atomic E-state index is 12.4. The second kappa shape index (κ2) is 7.99. The summed E-state index contributed by atoms with van der Waals surface area (Å²) in [7, 11) is 0. The number of piperidine rings is 1. The lowest BCUT2D eigenvalue weighted by atomic mass is 9.96. The Balaban J connectivity index is 1.44. The molecule has 138 valence electrons. The third-order valence-corrected chi connectivity index (χ3v) is 4.41. The zero-order chi connectivity index (χ0) is 18.5. The Labute approximate surface area is 151 Å². The summed E-state index contributed by atoms with van der Waals surface area (Å²) in [5, 5.41) is 9.41. The molecule has 2 aromatic rings. The lowest BCUT2D eigenvalue weighted by molar-refractivity contribution is -0.126. The van der Waals surface area contributed by atoms with Gasteiger partial charge >= 0.3 is 6.03 Å². The molecule has 0 radical (unpaired) electrons. The highest BCUT2D eigenvalue weighted by molar-refractivity contribution is 5.89. The molecule has 1 saturated heterocycles. The third-order valence-electron chi connectivity index (χ3n) is 4.41. The van der Waals surface area contributed by atoms with Gasteiger partial charge < -0.3 is 20.1 Å². The number of carbonyl (C=O) groups excluding carboxylic acids is 2. The number of aryl methyl sites for hydroxylation is 2. The number of nitrogens with one attached hydrogen (secondary N) is 2. The van der Waals surface area contributed by atoms with E-state index in [9.17, 15) is 9.59 Å². The standard InChI is InChI=1S/C18H23N5O3/c1-12-4-3-5-15(10-12)21-18(25)23-8-6-14(7-9-23)17(24)19-11-16-20-13(2)22-26-16/h3-5,10,14H,6-9,11H2,1-2H3,(H,19,24)(H,21,25).